The van der Waals surface area contributed by atoms with Crippen molar-refractivity contribution in [2.45, 2.75) is 19.8 Å². The zero-order valence-electron chi connectivity index (χ0n) is 16.4. The molecule has 0 atom stereocenters. The lowest BCUT2D eigenvalue weighted by atomic mass is 9.99. The largest absolute Gasteiger partial charge is 0.497 e. The Balaban J connectivity index is 1.73. The van der Waals surface area contributed by atoms with Crippen molar-refractivity contribution in [3.8, 4) is 17.2 Å². The first-order valence-electron chi connectivity index (χ1n) is 9.35. The number of hydrogen-bond acceptors (Lipinski definition) is 5. The van der Waals surface area contributed by atoms with Crippen molar-refractivity contribution in [3.63, 3.8) is 0 Å². The van der Waals surface area contributed by atoms with E-state index >= 15 is 0 Å². The number of nitrogens with zero attached hydrogens (tertiary/aromatic N) is 1. The highest BCUT2D eigenvalue weighted by atomic mass is 32.1. The highest BCUT2D eigenvalue weighted by molar-refractivity contribution is 7.80. The van der Waals surface area contributed by atoms with Crippen molar-refractivity contribution < 1.29 is 19.0 Å². The Bertz CT molecular complexity index is 842. The second-order valence-electron chi connectivity index (χ2n) is 6.96. The van der Waals surface area contributed by atoms with Gasteiger partial charge in [-0.05, 0) is 61.2 Å². The van der Waals surface area contributed by atoms with Gasteiger partial charge in [0.15, 0.2) is 11.5 Å². The Morgan fingerprint density at radius 1 is 0.964 bits per heavy atom. The van der Waals surface area contributed by atoms with E-state index in [1.807, 2.05) is 12.1 Å². The van der Waals surface area contributed by atoms with Crippen molar-refractivity contribution in [2.75, 3.05) is 27.3 Å². The molecular formula is C22H25NO4S. The fourth-order valence-corrected chi connectivity index (χ4v) is 3.47. The van der Waals surface area contributed by atoms with E-state index in [4.69, 9.17) is 26.4 Å². The van der Waals surface area contributed by atoms with Crippen LogP contribution < -0.4 is 14.2 Å². The normalized spacial score (nSPS) is 14.5. The smallest absolute Gasteiger partial charge is 0.343 e. The number of methoxy groups -OCH3 is 2. The maximum Gasteiger partial charge on any atom is 0.343 e. The van der Waals surface area contributed by atoms with Gasteiger partial charge in [0.25, 0.3) is 0 Å². The molecule has 0 saturated carbocycles. The summed E-state index contributed by atoms with van der Waals surface area (Å²) in [7, 11) is 3.13. The highest BCUT2D eigenvalue weighted by Crippen LogP contribution is 2.30. The molecule has 2 aromatic carbocycles. The molecule has 0 aliphatic carbocycles. The number of carbonyl (C=O) groups is 1. The summed E-state index contributed by atoms with van der Waals surface area (Å²) in [5.41, 5.74) is 1.33. The SMILES string of the molecule is COc1ccc(C(=O)Oc2ccc(C(=S)N3CCC(C)CC3)cc2OC)cc1. The van der Waals surface area contributed by atoms with Crippen molar-refractivity contribution in [1.82, 2.24) is 4.90 Å². The Morgan fingerprint density at radius 2 is 1.61 bits per heavy atom. The second kappa shape index (κ2) is 9.06. The number of ether oxygens (including phenoxy) is 3. The van der Waals surface area contributed by atoms with Crippen LogP contribution >= 0.6 is 12.2 Å². The zero-order valence-corrected chi connectivity index (χ0v) is 17.3. The maximum absolute atomic E-state index is 12.4. The molecular weight excluding hydrogens is 374 g/mol. The Kier molecular flexibility index (Phi) is 6.52. The first-order valence-corrected chi connectivity index (χ1v) is 9.76. The van der Waals surface area contributed by atoms with E-state index in [1.54, 1.807) is 44.6 Å². The van der Waals surface area contributed by atoms with Gasteiger partial charge in [-0.1, -0.05) is 19.1 Å². The molecule has 1 heterocycles. The molecule has 0 unspecified atom stereocenters. The summed E-state index contributed by atoms with van der Waals surface area (Å²) in [6.07, 6.45) is 2.30. The molecule has 3 rings (SSSR count). The van der Waals surface area contributed by atoms with Gasteiger partial charge >= 0.3 is 5.97 Å². The lowest BCUT2D eigenvalue weighted by Gasteiger charge is -2.32. The number of rotatable bonds is 5. The van der Waals surface area contributed by atoms with E-state index in [9.17, 15) is 4.79 Å². The molecule has 0 N–H and O–H groups in total. The number of benzene rings is 2. The Morgan fingerprint density at radius 3 is 2.21 bits per heavy atom. The lowest BCUT2D eigenvalue weighted by molar-refractivity contribution is 0.0729. The standard InChI is InChI=1S/C22H25NO4S/c1-15-10-12-23(13-11-15)21(28)17-6-9-19(20(14-17)26-3)27-22(24)16-4-7-18(25-2)8-5-16/h4-9,14-15H,10-13H2,1-3H3. The van der Waals surface area contributed by atoms with Crippen molar-refractivity contribution in [3.05, 3.63) is 53.6 Å². The van der Waals surface area contributed by atoms with Crippen LogP contribution in [0.3, 0.4) is 0 Å². The predicted molar refractivity (Wildman–Crippen MR) is 113 cm³/mol. The van der Waals surface area contributed by atoms with Gasteiger partial charge in [0.1, 0.15) is 10.7 Å². The molecule has 5 nitrogen and oxygen atoms in total. The van der Waals surface area contributed by atoms with Crippen molar-refractivity contribution in [1.29, 1.82) is 0 Å². The molecule has 1 aliphatic heterocycles. The number of hydrogen-bond donors (Lipinski definition) is 0. The number of likely N-dealkylation sites (tertiary alicyclic amines) is 1. The van der Waals surface area contributed by atoms with Gasteiger partial charge < -0.3 is 19.1 Å². The number of thiocarbonyl (C=S) groups is 1. The van der Waals surface area contributed by atoms with E-state index < -0.39 is 5.97 Å². The van der Waals surface area contributed by atoms with Crippen LogP contribution in [0, 0.1) is 5.92 Å². The maximum atomic E-state index is 12.4. The highest BCUT2D eigenvalue weighted by Gasteiger charge is 2.20. The van der Waals surface area contributed by atoms with Gasteiger partial charge in [-0.2, -0.15) is 0 Å². The van der Waals surface area contributed by atoms with Crippen LogP contribution in [0.25, 0.3) is 0 Å². The third-order valence-electron chi connectivity index (χ3n) is 5.01. The number of piperidine rings is 1. The molecule has 1 saturated heterocycles. The minimum atomic E-state index is -0.457. The predicted octanol–water partition coefficient (Wildman–Crippen LogP) is 4.33. The Labute approximate surface area is 171 Å². The van der Waals surface area contributed by atoms with Gasteiger partial charge in [-0.15, -0.1) is 0 Å². The van der Waals surface area contributed by atoms with Crippen LogP contribution in [-0.2, 0) is 0 Å². The van der Waals surface area contributed by atoms with Crippen LogP contribution in [0.15, 0.2) is 42.5 Å². The van der Waals surface area contributed by atoms with E-state index in [0.29, 0.717) is 22.8 Å². The zero-order chi connectivity index (χ0) is 20.1. The summed E-state index contributed by atoms with van der Waals surface area (Å²) in [5.74, 6) is 1.81. The number of esters is 1. The van der Waals surface area contributed by atoms with Crippen LogP contribution in [-0.4, -0.2) is 43.2 Å². The third-order valence-corrected chi connectivity index (χ3v) is 5.50. The van der Waals surface area contributed by atoms with Crippen LogP contribution in [0.5, 0.6) is 17.2 Å². The molecule has 28 heavy (non-hydrogen) atoms. The average Bonchev–Trinajstić information content (AvgIpc) is 2.74. The summed E-state index contributed by atoms with van der Waals surface area (Å²) in [6.45, 7) is 4.21. The molecule has 2 aromatic rings. The van der Waals surface area contributed by atoms with Crippen LogP contribution in [0.2, 0.25) is 0 Å². The summed E-state index contributed by atoms with van der Waals surface area (Å²) in [5, 5.41) is 0. The Hall–Kier alpha value is -2.60. The van der Waals surface area contributed by atoms with Gasteiger partial charge in [0.05, 0.1) is 19.8 Å². The molecule has 6 heteroatoms. The average molecular weight is 400 g/mol. The molecule has 1 fully saturated rings. The lowest BCUT2D eigenvalue weighted by Crippen LogP contribution is -2.37. The topological polar surface area (TPSA) is 48.0 Å². The molecule has 0 spiro atoms. The van der Waals surface area contributed by atoms with E-state index in [0.717, 1.165) is 42.4 Å². The molecule has 1 aliphatic rings. The molecule has 0 amide bonds. The van der Waals surface area contributed by atoms with E-state index in [-0.39, 0.29) is 0 Å². The molecule has 0 bridgehead atoms. The van der Waals surface area contributed by atoms with Gasteiger partial charge in [0.2, 0.25) is 0 Å². The fraction of sp³-hybridized carbons (Fsp3) is 0.364. The first-order chi connectivity index (χ1) is 13.5. The summed E-state index contributed by atoms with van der Waals surface area (Å²) < 4.78 is 16.1. The molecule has 148 valence electrons. The summed E-state index contributed by atoms with van der Waals surface area (Å²) in [4.78, 5) is 15.5. The fourth-order valence-electron chi connectivity index (χ4n) is 3.17. The quantitative estimate of drug-likeness (QED) is 0.424. The number of carbonyl (C=O) groups excluding carboxylic acids is 1. The first kappa shape index (κ1) is 20.1. The van der Waals surface area contributed by atoms with Crippen molar-refractivity contribution in [2.24, 2.45) is 5.92 Å². The molecule has 0 aromatic heterocycles. The molecule has 0 radical (unpaired) electrons. The minimum Gasteiger partial charge on any atom is -0.497 e. The van der Waals surface area contributed by atoms with E-state index in [1.165, 1.54) is 0 Å². The van der Waals surface area contributed by atoms with Crippen LogP contribution in [0.4, 0.5) is 0 Å². The third kappa shape index (κ3) is 4.62. The minimum absolute atomic E-state index is 0.363. The van der Waals surface area contributed by atoms with Crippen molar-refractivity contribution >= 4 is 23.2 Å². The summed E-state index contributed by atoms with van der Waals surface area (Å²) in [6, 6.07) is 12.2. The van der Waals surface area contributed by atoms with E-state index in [2.05, 4.69) is 11.8 Å². The monoisotopic (exact) mass is 399 g/mol. The van der Waals surface area contributed by atoms with Crippen LogP contribution in [0.1, 0.15) is 35.7 Å². The van der Waals surface area contributed by atoms with Gasteiger partial charge in [-0.25, -0.2) is 4.79 Å². The summed E-state index contributed by atoms with van der Waals surface area (Å²) >= 11 is 5.67. The van der Waals surface area contributed by atoms with Gasteiger partial charge in [0, 0.05) is 18.7 Å². The second-order valence-corrected chi connectivity index (χ2v) is 7.35. The van der Waals surface area contributed by atoms with Gasteiger partial charge in [-0.3, -0.25) is 0 Å².